The summed E-state index contributed by atoms with van der Waals surface area (Å²) in [4.78, 5) is 23.6. The summed E-state index contributed by atoms with van der Waals surface area (Å²) in [6, 6.07) is 7.70. The molecule has 1 aromatic carbocycles. The Morgan fingerprint density at radius 2 is 1.90 bits per heavy atom. The fourth-order valence-electron chi connectivity index (χ4n) is 2.07. The van der Waals surface area contributed by atoms with Gasteiger partial charge in [0, 0.05) is 18.8 Å². The number of aliphatic carboxylic acids is 2. The van der Waals surface area contributed by atoms with Gasteiger partial charge in [-0.25, -0.2) is 0 Å². The van der Waals surface area contributed by atoms with Crippen molar-refractivity contribution in [3.8, 4) is 0 Å². The molecule has 0 saturated carbocycles. The monoisotopic (exact) mass is 279 g/mol. The van der Waals surface area contributed by atoms with Crippen molar-refractivity contribution in [3.63, 3.8) is 0 Å². The molecule has 1 rings (SSSR count). The van der Waals surface area contributed by atoms with Crippen LogP contribution in [0.15, 0.2) is 24.3 Å². The highest BCUT2D eigenvalue weighted by molar-refractivity contribution is 5.71. The molecular formula is C15H21NO4. The van der Waals surface area contributed by atoms with Gasteiger partial charge in [0.2, 0.25) is 0 Å². The third-order valence-electron chi connectivity index (χ3n) is 3.22. The van der Waals surface area contributed by atoms with Gasteiger partial charge in [-0.15, -0.1) is 0 Å². The van der Waals surface area contributed by atoms with Gasteiger partial charge in [0.15, 0.2) is 0 Å². The summed E-state index contributed by atoms with van der Waals surface area (Å²) in [5.74, 6) is -2.31. The molecule has 20 heavy (non-hydrogen) atoms. The number of carboxylic acids is 2. The van der Waals surface area contributed by atoms with E-state index in [1.54, 1.807) is 6.92 Å². The molecule has 1 atom stereocenters. The first-order valence-electron chi connectivity index (χ1n) is 6.73. The van der Waals surface area contributed by atoms with E-state index in [1.807, 2.05) is 36.1 Å². The topological polar surface area (TPSA) is 77.8 Å². The van der Waals surface area contributed by atoms with E-state index in [0.717, 1.165) is 17.7 Å². The Hall–Kier alpha value is -2.04. The fraction of sp³-hybridized carbons (Fsp3) is 0.467. The van der Waals surface area contributed by atoms with Crippen molar-refractivity contribution in [3.05, 3.63) is 29.8 Å². The smallest absolute Gasteiger partial charge is 0.308 e. The van der Waals surface area contributed by atoms with E-state index in [2.05, 4.69) is 0 Å². The molecule has 0 bridgehead atoms. The van der Waals surface area contributed by atoms with Crippen LogP contribution in [0.5, 0.6) is 0 Å². The van der Waals surface area contributed by atoms with E-state index in [4.69, 9.17) is 10.2 Å². The number of aryl methyl sites for hydroxylation is 1. The van der Waals surface area contributed by atoms with Crippen LogP contribution in [0.3, 0.4) is 0 Å². The molecule has 5 heteroatoms. The van der Waals surface area contributed by atoms with E-state index >= 15 is 0 Å². The molecule has 0 heterocycles. The van der Waals surface area contributed by atoms with Crippen LogP contribution in [0.4, 0.5) is 5.69 Å². The van der Waals surface area contributed by atoms with Crippen LogP contribution in [0.2, 0.25) is 0 Å². The molecule has 1 unspecified atom stereocenters. The Bertz CT molecular complexity index is 473. The Morgan fingerprint density at radius 3 is 2.45 bits per heavy atom. The Labute approximate surface area is 118 Å². The molecular weight excluding hydrogens is 258 g/mol. The van der Waals surface area contributed by atoms with Crippen molar-refractivity contribution in [2.45, 2.75) is 26.7 Å². The van der Waals surface area contributed by atoms with Crippen molar-refractivity contribution in [1.82, 2.24) is 0 Å². The first-order chi connectivity index (χ1) is 9.45. The van der Waals surface area contributed by atoms with Crippen molar-refractivity contribution in [1.29, 1.82) is 0 Å². The quantitative estimate of drug-likeness (QED) is 0.763. The Balaban J connectivity index is 2.96. The SMILES string of the molecule is CCc1ccccc1N(CCC(=O)O)CC(C)C(=O)O. The highest BCUT2D eigenvalue weighted by Gasteiger charge is 2.18. The predicted molar refractivity (Wildman–Crippen MR) is 77.1 cm³/mol. The van der Waals surface area contributed by atoms with Gasteiger partial charge >= 0.3 is 11.9 Å². The average molecular weight is 279 g/mol. The number of anilines is 1. The summed E-state index contributed by atoms with van der Waals surface area (Å²) < 4.78 is 0. The van der Waals surface area contributed by atoms with Crippen LogP contribution in [0.1, 0.15) is 25.8 Å². The van der Waals surface area contributed by atoms with Gasteiger partial charge in [0.25, 0.3) is 0 Å². The molecule has 0 aliphatic carbocycles. The minimum Gasteiger partial charge on any atom is -0.481 e. The highest BCUT2D eigenvalue weighted by atomic mass is 16.4. The molecule has 110 valence electrons. The number of nitrogens with zero attached hydrogens (tertiary/aromatic N) is 1. The predicted octanol–water partition coefficient (Wildman–Crippen LogP) is 2.25. The highest BCUT2D eigenvalue weighted by Crippen LogP contribution is 2.22. The van der Waals surface area contributed by atoms with Crippen LogP contribution in [-0.2, 0) is 16.0 Å². The third-order valence-corrected chi connectivity index (χ3v) is 3.22. The second-order valence-electron chi connectivity index (χ2n) is 4.81. The van der Waals surface area contributed by atoms with Crippen LogP contribution in [0.25, 0.3) is 0 Å². The van der Waals surface area contributed by atoms with Gasteiger partial charge < -0.3 is 15.1 Å². The van der Waals surface area contributed by atoms with Crippen molar-refractivity contribution < 1.29 is 19.8 Å². The lowest BCUT2D eigenvalue weighted by Gasteiger charge is -2.28. The molecule has 0 aliphatic rings. The first kappa shape index (κ1) is 16.0. The van der Waals surface area contributed by atoms with E-state index in [9.17, 15) is 9.59 Å². The van der Waals surface area contributed by atoms with Crippen LogP contribution in [0, 0.1) is 5.92 Å². The minimum absolute atomic E-state index is 0.00954. The van der Waals surface area contributed by atoms with E-state index in [0.29, 0.717) is 13.1 Å². The zero-order valence-corrected chi connectivity index (χ0v) is 11.9. The Kier molecular flexibility index (Phi) is 6.03. The number of hydrogen-bond acceptors (Lipinski definition) is 3. The molecule has 5 nitrogen and oxygen atoms in total. The van der Waals surface area contributed by atoms with Crippen molar-refractivity contribution in [2.75, 3.05) is 18.0 Å². The summed E-state index contributed by atoms with van der Waals surface area (Å²) in [6.07, 6.45) is 0.811. The third kappa shape index (κ3) is 4.57. The van der Waals surface area contributed by atoms with Gasteiger partial charge in [-0.3, -0.25) is 9.59 Å². The molecule has 2 N–H and O–H groups in total. The molecule has 0 aliphatic heterocycles. The lowest BCUT2D eigenvalue weighted by atomic mass is 10.1. The van der Waals surface area contributed by atoms with Crippen molar-refractivity contribution in [2.24, 2.45) is 5.92 Å². The van der Waals surface area contributed by atoms with E-state index < -0.39 is 17.9 Å². The van der Waals surface area contributed by atoms with Crippen molar-refractivity contribution >= 4 is 17.6 Å². The number of hydrogen-bond donors (Lipinski definition) is 2. The second kappa shape index (κ2) is 7.53. The molecule has 0 radical (unpaired) electrons. The van der Waals surface area contributed by atoms with E-state index in [-0.39, 0.29) is 6.42 Å². The second-order valence-corrected chi connectivity index (χ2v) is 4.81. The van der Waals surface area contributed by atoms with Crippen LogP contribution >= 0.6 is 0 Å². The molecule has 0 fully saturated rings. The normalized spacial score (nSPS) is 11.9. The lowest BCUT2D eigenvalue weighted by molar-refractivity contribution is -0.140. The number of benzene rings is 1. The average Bonchev–Trinajstić information content (AvgIpc) is 2.42. The van der Waals surface area contributed by atoms with E-state index in [1.165, 1.54) is 0 Å². The number of rotatable bonds is 8. The summed E-state index contributed by atoms with van der Waals surface area (Å²) in [7, 11) is 0. The molecule has 0 aromatic heterocycles. The van der Waals surface area contributed by atoms with Gasteiger partial charge in [0.05, 0.1) is 12.3 Å². The van der Waals surface area contributed by atoms with Crippen LogP contribution in [-0.4, -0.2) is 35.2 Å². The van der Waals surface area contributed by atoms with Gasteiger partial charge in [-0.2, -0.15) is 0 Å². The molecule has 1 aromatic rings. The molecule has 0 spiro atoms. The minimum atomic E-state index is -0.882. The molecule has 0 amide bonds. The maximum Gasteiger partial charge on any atom is 0.308 e. The summed E-state index contributed by atoms with van der Waals surface area (Å²) in [6.45, 7) is 4.27. The first-order valence-corrected chi connectivity index (χ1v) is 6.73. The zero-order valence-electron chi connectivity index (χ0n) is 11.9. The van der Waals surface area contributed by atoms with Gasteiger partial charge in [-0.05, 0) is 18.1 Å². The summed E-state index contributed by atoms with van der Waals surface area (Å²) >= 11 is 0. The lowest BCUT2D eigenvalue weighted by Crippen LogP contribution is -2.34. The largest absolute Gasteiger partial charge is 0.481 e. The summed E-state index contributed by atoms with van der Waals surface area (Å²) in [5, 5.41) is 17.9. The maximum atomic E-state index is 11.0. The number of carbonyl (C=O) groups is 2. The number of para-hydroxylation sites is 1. The maximum absolute atomic E-state index is 11.0. The Morgan fingerprint density at radius 1 is 1.25 bits per heavy atom. The van der Waals surface area contributed by atoms with Crippen LogP contribution < -0.4 is 4.90 Å². The molecule has 0 saturated heterocycles. The number of carboxylic acid groups (broad SMARTS) is 2. The van der Waals surface area contributed by atoms with Gasteiger partial charge in [-0.1, -0.05) is 32.0 Å². The standard InChI is InChI=1S/C15H21NO4/c1-3-12-6-4-5-7-13(12)16(9-8-14(17)18)10-11(2)15(19)20/h4-7,11H,3,8-10H2,1-2H3,(H,17,18)(H,19,20). The fourth-order valence-corrected chi connectivity index (χ4v) is 2.07. The zero-order chi connectivity index (χ0) is 15.1. The summed E-state index contributed by atoms with van der Waals surface area (Å²) in [5.41, 5.74) is 2.01. The van der Waals surface area contributed by atoms with Gasteiger partial charge in [0.1, 0.15) is 0 Å².